The van der Waals surface area contributed by atoms with Gasteiger partial charge in [-0.2, -0.15) is 0 Å². The van der Waals surface area contributed by atoms with Crippen molar-refractivity contribution in [1.82, 2.24) is 10.9 Å². The van der Waals surface area contributed by atoms with Crippen LogP contribution in [-0.2, 0) is 6.42 Å². The first kappa shape index (κ1) is 18.4. The Labute approximate surface area is 159 Å². The highest BCUT2D eigenvalue weighted by atomic mass is 16.2. The lowest BCUT2D eigenvalue weighted by molar-refractivity contribution is 0.0846. The second-order valence-electron chi connectivity index (χ2n) is 6.30. The number of nitrogens with one attached hydrogen (secondary N) is 2. The van der Waals surface area contributed by atoms with Gasteiger partial charge in [0.05, 0.1) is 0 Å². The van der Waals surface area contributed by atoms with Crippen LogP contribution >= 0.6 is 0 Å². The molecule has 0 aliphatic carbocycles. The molecule has 0 bridgehead atoms. The van der Waals surface area contributed by atoms with Gasteiger partial charge in [-0.25, -0.2) is 0 Å². The summed E-state index contributed by atoms with van der Waals surface area (Å²) >= 11 is 0. The maximum absolute atomic E-state index is 12.2. The zero-order valence-corrected chi connectivity index (χ0v) is 15.2. The molecule has 4 nitrogen and oxygen atoms in total. The molecule has 136 valence electrons. The fraction of sp³-hybridized carbons (Fsp3) is 0.130. The minimum Gasteiger partial charge on any atom is -0.267 e. The number of carbonyl (C=O) groups excluding carboxylic acids is 2. The average molecular weight is 358 g/mol. The van der Waals surface area contributed by atoms with E-state index in [1.165, 1.54) is 5.56 Å². The second-order valence-corrected chi connectivity index (χ2v) is 6.30. The van der Waals surface area contributed by atoms with Crippen molar-refractivity contribution in [3.8, 4) is 11.1 Å². The normalized spacial score (nSPS) is 10.3. The molecule has 27 heavy (non-hydrogen) atoms. The Kier molecular flexibility index (Phi) is 6.00. The predicted octanol–water partition coefficient (Wildman–Crippen LogP) is 4.38. The van der Waals surface area contributed by atoms with Crippen LogP contribution in [-0.4, -0.2) is 11.8 Å². The molecule has 0 fully saturated rings. The van der Waals surface area contributed by atoms with E-state index in [2.05, 4.69) is 17.8 Å². The minimum absolute atomic E-state index is 0.340. The first-order valence-corrected chi connectivity index (χ1v) is 9.02. The van der Waals surface area contributed by atoms with Crippen molar-refractivity contribution in [3.63, 3.8) is 0 Å². The minimum atomic E-state index is -0.356. The summed E-state index contributed by atoms with van der Waals surface area (Å²) in [6, 6.07) is 24.6. The van der Waals surface area contributed by atoms with Crippen LogP contribution in [0.1, 0.15) is 39.6 Å². The van der Waals surface area contributed by atoms with Gasteiger partial charge < -0.3 is 0 Å². The quantitative estimate of drug-likeness (QED) is 0.665. The lowest BCUT2D eigenvalue weighted by Gasteiger charge is -2.09. The molecule has 0 radical (unpaired) electrons. The van der Waals surface area contributed by atoms with Crippen molar-refractivity contribution < 1.29 is 9.59 Å². The molecule has 0 aromatic heterocycles. The molecule has 4 heteroatoms. The smallest absolute Gasteiger partial charge is 0.267 e. The van der Waals surface area contributed by atoms with Gasteiger partial charge in [0.25, 0.3) is 11.8 Å². The molecule has 3 rings (SSSR count). The third kappa shape index (κ3) is 4.82. The first-order chi connectivity index (χ1) is 13.2. The molecule has 0 spiro atoms. The van der Waals surface area contributed by atoms with Crippen molar-refractivity contribution in [2.24, 2.45) is 0 Å². The Hall–Kier alpha value is -3.40. The van der Waals surface area contributed by atoms with Crippen molar-refractivity contribution in [3.05, 3.63) is 95.6 Å². The summed E-state index contributed by atoms with van der Waals surface area (Å²) in [4.78, 5) is 24.4. The monoisotopic (exact) mass is 358 g/mol. The number of amides is 2. The Bertz CT molecular complexity index is 901. The standard InChI is InChI=1S/C23H22N2O2/c1-2-6-17-9-11-20(12-10-17)22(26)24-25-23(27)21-15-13-19(14-16-21)18-7-4-3-5-8-18/h3-5,7-16H,2,6H2,1H3,(H,24,26)(H,25,27). The molecule has 0 unspecified atom stereocenters. The van der Waals surface area contributed by atoms with Gasteiger partial charge in [-0.3, -0.25) is 20.4 Å². The lowest BCUT2D eigenvalue weighted by atomic mass is 10.0. The number of hydrazine groups is 1. The zero-order valence-electron chi connectivity index (χ0n) is 15.2. The number of aryl methyl sites for hydroxylation is 1. The Morgan fingerprint density at radius 2 is 1.15 bits per heavy atom. The van der Waals surface area contributed by atoms with E-state index in [1.54, 1.807) is 24.3 Å². The molecule has 2 N–H and O–H groups in total. The number of hydrogen-bond acceptors (Lipinski definition) is 2. The van der Waals surface area contributed by atoms with Gasteiger partial charge in [-0.1, -0.05) is 67.9 Å². The van der Waals surface area contributed by atoms with Crippen LogP contribution in [0.4, 0.5) is 0 Å². The van der Waals surface area contributed by atoms with E-state index in [0.717, 1.165) is 24.0 Å². The van der Waals surface area contributed by atoms with Gasteiger partial charge in [-0.15, -0.1) is 0 Å². The van der Waals surface area contributed by atoms with Crippen molar-refractivity contribution in [1.29, 1.82) is 0 Å². The van der Waals surface area contributed by atoms with Gasteiger partial charge in [0, 0.05) is 11.1 Å². The topological polar surface area (TPSA) is 58.2 Å². The molecule has 0 aliphatic rings. The number of benzene rings is 3. The summed E-state index contributed by atoms with van der Waals surface area (Å²) in [5.74, 6) is -0.696. The van der Waals surface area contributed by atoms with Gasteiger partial charge >= 0.3 is 0 Å². The van der Waals surface area contributed by atoms with E-state index in [0.29, 0.717) is 11.1 Å². The molecule has 3 aromatic rings. The van der Waals surface area contributed by atoms with E-state index in [9.17, 15) is 9.59 Å². The number of rotatable bonds is 5. The Morgan fingerprint density at radius 3 is 1.67 bits per heavy atom. The summed E-state index contributed by atoms with van der Waals surface area (Å²) < 4.78 is 0. The fourth-order valence-corrected chi connectivity index (χ4v) is 2.81. The Balaban J connectivity index is 1.58. The SMILES string of the molecule is CCCc1ccc(C(=O)NNC(=O)c2ccc(-c3ccccc3)cc2)cc1. The van der Waals surface area contributed by atoms with Gasteiger partial charge in [-0.05, 0) is 47.4 Å². The molecular formula is C23H22N2O2. The van der Waals surface area contributed by atoms with Crippen LogP contribution in [0.3, 0.4) is 0 Å². The van der Waals surface area contributed by atoms with Crippen molar-refractivity contribution >= 4 is 11.8 Å². The largest absolute Gasteiger partial charge is 0.269 e. The van der Waals surface area contributed by atoms with Crippen LogP contribution < -0.4 is 10.9 Å². The fourth-order valence-electron chi connectivity index (χ4n) is 2.81. The molecule has 0 saturated carbocycles. The summed E-state index contributed by atoms with van der Waals surface area (Å²) in [7, 11) is 0. The Morgan fingerprint density at radius 1 is 0.667 bits per heavy atom. The van der Waals surface area contributed by atoms with Crippen molar-refractivity contribution in [2.75, 3.05) is 0 Å². The van der Waals surface area contributed by atoms with Gasteiger partial charge in [0.1, 0.15) is 0 Å². The third-order valence-corrected chi connectivity index (χ3v) is 4.30. The molecule has 0 aliphatic heterocycles. The van der Waals surface area contributed by atoms with Crippen molar-refractivity contribution in [2.45, 2.75) is 19.8 Å². The second kappa shape index (κ2) is 8.81. The summed E-state index contributed by atoms with van der Waals surface area (Å²) in [6.07, 6.45) is 2.04. The van der Waals surface area contributed by atoms with Crippen LogP contribution in [0.5, 0.6) is 0 Å². The van der Waals surface area contributed by atoms with E-state index >= 15 is 0 Å². The lowest BCUT2D eigenvalue weighted by Crippen LogP contribution is -2.41. The third-order valence-electron chi connectivity index (χ3n) is 4.30. The van der Waals surface area contributed by atoms with Crippen LogP contribution in [0, 0.1) is 0 Å². The van der Waals surface area contributed by atoms with Gasteiger partial charge in [0.2, 0.25) is 0 Å². The van der Waals surface area contributed by atoms with Crippen LogP contribution in [0.25, 0.3) is 11.1 Å². The maximum atomic E-state index is 12.2. The summed E-state index contributed by atoms with van der Waals surface area (Å²) in [5, 5.41) is 0. The average Bonchev–Trinajstić information content (AvgIpc) is 2.73. The van der Waals surface area contributed by atoms with E-state index in [4.69, 9.17) is 0 Å². The van der Waals surface area contributed by atoms with Crippen LogP contribution in [0.2, 0.25) is 0 Å². The highest BCUT2D eigenvalue weighted by Crippen LogP contribution is 2.19. The number of carbonyl (C=O) groups is 2. The molecule has 2 amide bonds. The number of hydrogen-bond donors (Lipinski definition) is 2. The first-order valence-electron chi connectivity index (χ1n) is 9.02. The van der Waals surface area contributed by atoms with E-state index in [-0.39, 0.29) is 11.8 Å². The summed E-state index contributed by atoms with van der Waals surface area (Å²) in [6.45, 7) is 2.11. The molecular weight excluding hydrogens is 336 g/mol. The zero-order chi connectivity index (χ0) is 19.1. The maximum Gasteiger partial charge on any atom is 0.269 e. The van der Waals surface area contributed by atoms with Gasteiger partial charge in [0.15, 0.2) is 0 Å². The highest BCUT2D eigenvalue weighted by molar-refractivity contribution is 5.99. The highest BCUT2D eigenvalue weighted by Gasteiger charge is 2.09. The van der Waals surface area contributed by atoms with E-state index < -0.39 is 0 Å². The van der Waals surface area contributed by atoms with Crippen LogP contribution in [0.15, 0.2) is 78.9 Å². The predicted molar refractivity (Wildman–Crippen MR) is 107 cm³/mol. The summed E-state index contributed by atoms with van der Waals surface area (Å²) in [5.41, 5.74) is 9.21. The molecule has 3 aromatic carbocycles. The molecule has 0 saturated heterocycles. The molecule has 0 atom stereocenters. The van der Waals surface area contributed by atoms with E-state index in [1.807, 2.05) is 54.6 Å². The molecule has 0 heterocycles.